The topological polar surface area (TPSA) is 77.4 Å². The maximum Gasteiger partial charge on any atom is 0.703 e. The molecule has 0 amide bonds. The van der Waals surface area contributed by atoms with Crippen LogP contribution in [0, 0.1) is 11.6 Å². The number of rotatable bonds is 5. The minimum absolute atomic E-state index is 0.551. The molecule has 6 nitrogen and oxygen atoms in total. The predicted molar refractivity (Wildman–Crippen MR) is 46.3 cm³/mol. The van der Waals surface area contributed by atoms with Crippen molar-refractivity contribution in [2.24, 2.45) is 0 Å². The second-order valence-corrected chi connectivity index (χ2v) is 2.48. The molecule has 0 aliphatic heterocycles. The van der Waals surface area contributed by atoms with Gasteiger partial charge in [-0.1, -0.05) is 0 Å². The predicted octanol–water partition coefficient (Wildman–Crippen LogP) is 0.751. The molecular formula is C7H7BF2O6. The van der Waals surface area contributed by atoms with Crippen molar-refractivity contribution in [2.75, 3.05) is 7.11 Å². The maximum absolute atomic E-state index is 13.1. The fraction of sp³-hybridized carbons (Fsp3) is 0.143. The van der Waals surface area contributed by atoms with Crippen molar-refractivity contribution in [3.63, 3.8) is 0 Å². The molecule has 0 spiro atoms. The van der Waals surface area contributed by atoms with Gasteiger partial charge in [0.1, 0.15) is 0 Å². The molecule has 0 aliphatic rings. The normalized spacial score (nSPS) is 10.1. The summed E-state index contributed by atoms with van der Waals surface area (Å²) in [6.45, 7) is 0. The molecule has 1 aromatic carbocycles. The standard InChI is InChI=1S/C7H7BF2O6/c1-13-6-4(9)2-3-5(10)7(6)14-16-8(11)15-12/h2-3,11-12H,1H3. The van der Waals surface area contributed by atoms with Crippen LogP contribution in [0.3, 0.4) is 0 Å². The van der Waals surface area contributed by atoms with Crippen molar-refractivity contribution >= 4 is 7.32 Å². The van der Waals surface area contributed by atoms with Gasteiger partial charge in [-0.2, -0.15) is 4.81 Å². The van der Waals surface area contributed by atoms with Crippen LogP contribution in [0.5, 0.6) is 11.5 Å². The quantitative estimate of drug-likeness (QED) is 0.446. The van der Waals surface area contributed by atoms with Gasteiger partial charge < -0.3 is 14.6 Å². The molecule has 0 aromatic heterocycles. The lowest BCUT2D eigenvalue weighted by molar-refractivity contribution is -0.230. The Kier molecular flexibility index (Phi) is 4.44. The van der Waals surface area contributed by atoms with Crippen LogP contribution in [0.15, 0.2) is 12.1 Å². The molecule has 1 rings (SSSR count). The molecule has 0 saturated heterocycles. The van der Waals surface area contributed by atoms with E-state index in [4.69, 9.17) is 10.3 Å². The molecule has 2 N–H and O–H groups in total. The zero-order valence-electron chi connectivity index (χ0n) is 8.02. The van der Waals surface area contributed by atoms with Gasteiger partial charge in [0.05, 0.1) is 7.11 Å². The fourth-order valence-electron chi connectivity index (χ4n) is 0.889. The number of hydrogen-bond donors (Lipinski definition) is 2. The lowest BCUT2D eigenvalue weighted by Crippen LogP contribution is -2.23. The molecule has 0 fully saturated rings. The third kappa shape index (κ3) is 2.79. The molecule has 0 saturated carbocycles. The number of benzene rings is 1. The molecule has 0 bridgehead atoms. The minimum atomic E-state index is -2.16. The number of ether oxygens (including phenoxy) is 1. The van der Waals surface area contributed by atoms with Crippen LogP contribution < -0.4 is 9.62 Å². The van der Waals surface area contributed by atoms with Crippen molar-refractivity contribution in [1.29, 1.82) is 0 Å². The Labute approximate surface area is 89.0 Å². The van der Waals surface area contributed by atoms with E-state index < -0.39 is 30.5 Å². The Hall–Kier alpha value is -1.42. The molecule has 0 radical (unpaired) electrons. The molecule has 0 heterocycles. The highest BCUT2D eigenvalue weighted by Crippen LogP contribution is 2.32. The number of halogens is 2. The number of hydrogen-bond acceptors (Lipinski definition) is 6. The first kappa shape index (κ1) is 12.7. The molecule has 0 unspecified atom stereocenters. The van der Waals surface area contributed by atoms with Crippen molar-refractivity contribution in [3.05, 3.63) is 23.8 Å². The van der Waals surface area contributed by atoms with Crippen LogP contribution in [0.4, 0.5) is 8.78 Å². The van der Waals surface area contributed by atoms with Gasteiger partial charge in [-0.15, -0.1) is 0 Å². The zero-order chi connectivity index (χ0) is 12.1. The average Bonchev–Trinajstić information content (AvgIpc) is 2.29. The SMILES string of the molecule is COc1c(F)ccc(F)c1OOB(O)OO. The molecule has 88 valence electrons. The van der Waals surface area contributed by atoms with E-state index in [2.05, 4.69) is 19.2 Å². The second-order valence-electron chi connectivity index (χ2n) is 2.48. The van der Waals surface area contributed by atoms with Crippen LogP contribution in [0.1, 0.15) is 0 Å². The van der Waals surface area contributed by atoms with E-state index in [1.165, 1.54) is 0 Å². The summed E-state index contributed by atoms with van der Waals surface area (Å²) in [5, 5.41) is 16.5. The first-order valence-corrected chi connectivity index (χ1v) is 3.93. The van der Waals surface area contributed by atoms with Gasteiger partial charge in [0, 0.05) is 0 Å². The molecule has 16 heavy (non-hydrogen) atoms. The molecule has 0 aliphatic carbocycles. The van der Waals surface area contributed by atoms with Crippen LogP contribution in [0.25, 0.3) is 0 Å². The van der Waals surface area contributed by atoms with Crippen molar-refractivity contribution < 1.29 is 38.3 Å². The van der Waals surface area contributed by atoms with Crippen molar-refractivity contribution in [3.8, 4) is 11.5 Å². The molecule has 1 aromatic rings. The van der Waals surface area contributed by atoms with E-state index in [-0.39, 0.29) is 0 Å². The highest BCUT2D eigenvalue weighted by Gasteiger charge is 2.23. The van der Waals surface area contributed by atoms with Gasteiger partial charge in [0.2, 0.25) is 11.5 Å². The Balaban J connectivity index is 2.89. The summed E-state index contributed by atoms with van der Waals surface area (Å²) in [4.78, 5) is 11.4. The summed E-state index contributed by atoms with van der Waals surface area (Å²) in [6.07, 6.45) is 0. The van der Waals surface area contributed by atoms with Gasteiger partial charge in [-0.05, 0) is 12.1 Å². The Morgan fingerprint density at radius 2 is 1.75 bits per heavy atom. The van der Waals surface area contributed by atoms with E-state index in [1.54, 1.807) is 0 Å². The van der Waals surface area contributed by atoms with E-state index in [0.29, 0.717) is 0 Å². The van der Waals surface area contributed by atoms with E-state index in [1.807, 2.05) is 0 Å². The summed E-state index contributed by atoms with van der Waals surface area (Å²) in [6, 6.07) is 1.59. The lowest BCUT2D eigenvalue weighted by Gasteiger charge is -2.10. The maximum atomic E-state index is 13.1. The average molecular weight is 236 g/mol. The Morgan fingerprint density at radius 1 is 1.19 bits per heavy atom. The third-order valence-corrected chi connectivity index (χ3v) is 1.52. The van der Waals surface area contributed by atoms with Crippen LogP contribution >= 0.6 is 0 Å². The summed E-state index contributed by atoms with van der Waals surface area (Å²) >= 11 is 0. The summed E-state index contributed by atoms with van der Waals surface area (Å²) in [5.74, 6) is -3.14. The minimum Gasteiger partial charge on any atom is -0.490 e. The van der Waals surface area contributed by atoms with Crippen LogP contribution in [0.2, 0.25) is 0 Å². The molecular weight excluding hydrogens is 229 g/mol. The highest BCUT2D eigenvalue weighted by atomic mass is 19.1. The monoisotopic (exact) mass is 236 g/mol. The first-order chi connectivity index (χ1) is 7.60. The van der Waals surface area contributed by atoms with E-state index in [0.717, 1.165) is 19.2 Å². The Morgan fingerprint density at radius 3 is 2.25 bits per heavy atom. The summed E-state index contributed by atoms with van der Waals surface area (Å²) in [7, 11) is -1.07. The third-order valence-electron chi connectivity index (χ3n) is 1.52. The second kappa shape index (κ2) is 5.61. The van der Waals surface area contributed by atoms with Gasteiger partial charge in [-0.25, -0.2) is 13.6 Å². The zero-order valence-corrected chi connectivity index (χ0v) is 8.02. The van der Waals surface area contributed by atoms with Gasteiger partial charge in [-0.3, -0.25) is 5.26 Å². The van der Waals surface area contributed by atoms with E-state index in [9.17, 15) is 8.78 Å². The van der Waals surface area contributed by atoms with Gasteiger partial charge >= 0.3 is 7.32 Å². The largest absolute Gasteiger partial charge is 0.703 e. The van der Waals surface area contributed by atoms with Gasteiger partial charge in [0.25, 0.3) is 0 Å². The fourth-order valence-corrected chi connectivity index (χ4v) is 0.889. The van der Waals surface area contributed by atoms with Gasteiger partial charge in [0.15, 0.2) is 11.6 Å². The summed E-state index contributed by atoms with van der Waals surface area (Å²) < 4.78 is 30.7. The smallest absolute Gasteiger partial charge is 0.490 e. The highest BCUT2D eigenvalue weighted by molar-refractivity contribution is 6.33. The van der Waals surface area contributed by atoms with Crippen LogP contribution in [-0.4, -0.2) is 24.7 Å². The van der Waals surface area contributed by atoms with E-state index >= 15 is 0 Å². The first-order valence-electron chi connectivity index (χ1n) is 3.93. The number of methoxy groups -OCH3 is 1. The van der Waals surface area contributed by atoms with Crippen LogP contribution in [-0.2, 0) is 9.61 Å². The van der Waals surface area contributed by atoms with Crippen molar-refractivity contribution in [2.45, 2.75) is 0 Å². The summed E-state index contributed by atoms with van der Waals surface area (Å²) in [5.41, 5.74) is 0. The molecule has 9 heteroatoms. The lowest BCUT2D eigenvalue weighted by atomic mass is 10.3. The molecule has 0 atom stereocenters. The van der Waals surface area contributed by atoms with Crippen molar-refractivity contribution in [1.82, 2.24) is 0 Å². The Bertz CT molecular complexity index is 363.